The van der Waals surface area contributed by atoms with Gasteiger partial charge in [-0.2, -0.15) is 0 Å². The molecule has 0 spiro atoms. The zero-order valence-corrected chi connectivity index (χ0v) is 9.25. The zero-order chi connectivity index (χ0) is 10.8. The molecule has 14 heavy (non-hydrogen) atoms. The molecule has 0 radical (unpaired) electrons. The summed E-state index contributed by atoms with van der Waals surface area (Å²) in [7, 11) is 0. The van der Waals surface area contributed by atoms with Crippen LogP contribution < -0.4 is 5.32 Å². The molecule has 1 rings (SSSR count). The lowest BCUT2D eigenvalue weighted by Gasteiger charge is -2.03. The van der Waals surface area contributed by atoms with E-state index in [1.807, 2.05) is 63.4 Å². The van der Waals surface area contributed by atoms with Crippen molar-refractivity contribution in [2.45, 2.75) is 20.8 Å². The van der Waals surface area contributed by atoms with Crippen molar-refractivity contribution >= 4 is 5.70 Å². The second-order valence-electron chi connectivity index (χ2n) is 2.49. The van der Waals surface area contributed by atoms with Crippen LogP contribution in [-0.2, 0) is 0 Å². The minimum absolute atomic E-state index is 0.925. The van der Waals surface area contributed by atoms with Crippen molar-refractivity contribution in [1.82, 2.24) is 5.32 Å². The van der Waals surface area contributed by atoms with Gasteiger partial charge in [0, 0.05) is 5.70 Å². The fourth-order valence-electron chi connectivity index (χ4n) is 0.907. The predicted octanol–water partition coefficient (Wildman–Crippen LogP) is 3.81. The highest BCUT2D eigenvalue weighted by atomic mass is 14.8. The van der Waals surface area contributed by atoms with E-state index in [9.17, 15) is 0 Å². The molecule has 0 aliphatic heterocycles. The molecule has 1 nitrogen and oxygen atoms in total. The molecule has 0 bridgehead atoms. The van der Waals surface area contributed by atoms with E-state index in [1.54, 1.807) is 0 Å². The number of allylic oxidation sites excluding steroid dienone is 1. The Hall–Kier alpha value is -1.50. The van der Waals surface area contributed by atoms with Gasteiger partial charge >= 0.3 is 0 Å². The van der Waals surface area contributed by atoms with E-state index in [2.05, 4.69) is 11.9 Å². The third-order valence-corrected chi connectivity index (χ3v) is 1.55. The summed E-state index contributed by atoms with van der Waals surface area (Å²) in [5.74, 6) is 0. The molecule has 0 aliphatic rings. The molecule has 0 saturated carbocycles. The van der Waals surface area contributed by atoms with Gasteiger partial charge in [0.1, 0.15) is 0 Å². The summed E-state index contributed by atoms with van der Waals surface area (Å²) < 4.78 is 0. The normalized spacial score (nSPS) is 9.07. The Kier molecular flexibility index (Phi) is 7.24. The zero-order valence-electron chi connectivity index (χ0n) is 9.25. The second kappa shape index (κ2) is 8.11. The van der Waals surface area contributed by atoms with Gasteiger partial charge in [0.05, 0.1) is 0 Å². The Morgan fingerprint density at radius 1 is 1.21 bits per heavy atom. The minimum Gasteiger partial charge on any atom is -0.362 e. The lowest BCUT2D eigenvalue weighted by Crippen LogP contribution is -2.01. The molecule has 1 aromatic rings. The first-order valence-corrected chi connectivity index (χ1v) is 4.96. The van der Waals surface area contributed by atoms with Gasteiger partial charge in [-0.1, -0.05) is 56.8 Å². The van der Waals surface area contributed by atoms with Gasteiger partial charge in [-0.3, -0.25) is 0 Å². The SMILES string of the molecule is C=C(N/C=C\C)c1ccccc1.CC. The molecule has 0 saturated heterocycles. The van der Waals surface area contributed by atoms with Crippen LogP contribution in [0.1, 0.15) is 26.3 Å². The van der Waals surface area contributed by atoms with Gasteiger partial charge in [0.25, 0.3) is 0 Å². The molecular formula is C13H19N. The molecule has 76 valence electrons. The molecule has 0 heterocycles. The number of hydrogen-bond acceptors (Lipinski definition) is 1. The van der Waals surface area contributed by atoms with E-state index >= 15 is 0 Å². The molecule has 0 aliphatic carbocycles. The van der Waals surface area contributed by atoms with Gasteiger partial charge in [-0.05, 0) is 18.7 Å². The number of nitrogens with one attached hydrogen (secondary N) is 1. The van der Waals surface area contributed by atoms with Crippen LogP contribution in [0.15, 0.2) is 49.2 Å². The highest BCUT2D eigenvalue weighted by molar-refractivity contribution is 5.61. The smallest absolute Gasteiger partial charge is 0.0380 e. The van der Waals surface area contributed by atoms with Crippen LogP contribution >= 0.6 is 0 Å². The summed E-state index contributed by atoms with van der Waals surface area (Å²) in [6, 6.07) is 10.0. The summed E-state index contributed by atoms with van der Waals surface area (Å²) in [6.07, 6.45) is 3.81. The Labute approximate surface area is 87.2 Å². The Balaban J connectivity index is 0.000000791. The Bertz CT molecular complexity index is 273. The maximum atomic E-state index is 3.90. The number of rotatable bonds is 3. The van der Waals surface area contributed by atoms with Crippen LogP contribution in [0.3, 0.4) is 0 Å². The van der Waals surface area contributed by atoms with E-state index in [0.29, 0.717) is 0 Å². The molecule has 0 atom stereocenters. The first kappa shape index (κ1) is 12.5. The first-order chi connectivity index (χ1) is 6.84. The summed E-state index contributed by atoms with van der Waals surface area (Å²) in [5, 5.41) is 3.07. The highest BCUT2D eigenvalue weighted by Crippen LogP contribution is 2.07. The van der Waals surface area contributed by atoms with Gasteiger partial charge < -0.3 is 5.32 Å². The maximum absolute atomic E-state index is 3.90. The maximum Gasteiger partial charge on any atom is 0.0380 e. The summed E-state index contributed by atoms with van der Waals surface area (Å²) in [5.41, 5.74) is 2.05. The van der Waals surface area contributed by atoms with Crippen LogP contribution in [0, 0.1) is 0 Å². The second-order valence-corrected chi connectivity index (χ2v) is 2.49. The van der Waals surface area contributed by atoms with Gasteiger partial charge in [0.2, 0.25) is 0 Å². The van der Waals surface area contributed by atoms with Crippen LogP contribution in [-0.4, -0.2) is 0 Å². The van der Waals surface area contributed by atoms with Gasteiger partial charge in [-0.25, -0.2) is 0 Å². The van der Waals surface area contributed by atoms with Gasteiger partial charge in [-0.15, -0.1) is 0 Å². The quantitative estimate of drug-likeness (QED) is 0.762. The van der Waals surface area contributed by atoms with E-state index in [4.69, 9.17) is 0 Å². The van der Waals surface area contributed by atoms with Crippen molar-refractivity contribution in [1.29, 1.82) is 0 Å². The van der Waals surface area contributed by atoms with E-state index in [-0.39, 0.29) is 0 Å². The molecule has 0 fully saturated rings. The average molecular weight is 189 g/mol. The van der Waals surface area contributed by atoms with Crippen molar-refractivity contribution in [3.8, 4) is 0 Å². The average Bonchev–Trinajstić information content (AvgIpc) is 2.30. The van der Waals surface area contributed by atoms with Crippen LogP contribution in [0.5, 0.6) is 0 Å². The fraction of sp³-hybridized carbons (Fsp3) is 0.231. The number of hydrogen-bond donors (Lipinski definition) is 1. The minimum atomic E-state index is 0.925. The third kappa shape index (κ3) is 4.51. The molecule has 0 unspecified atom stereocenters. The Morgan fingerprint density at radius 3 is 2.29 bits per heavy atom. The van der Waals surface area contributed by atoms with Crippen molar-refractivity contribution in [2.24, 2.45) is 0 Å². The molecule has 0 aromatic heterocycles. The number of benzene rings is 1. The summed E-state index contributed by atoms with van der Waals surface area (Å²) in [4.78, 5) is 0. The molecule has 1 aromatic carbocycles. The fourth-order valence-corrected chi connectivity index (χ4v) is 0.907. The standard InChI is InChI=1S/C11H13N.C2H6/c1-3-9-12-10(2)11-7-5-4-6-8-11;1-2/h3-9,12H,2H2,1H3;1-2H3/b9-3-;. The topological polar surface area (TPSA) is 12.0 Å². The molecular weight excluding hydrogens is 170 g/mol. The van der Waals surface area contributed by atoms with Crippen molar-refractivity contribution in [3.63, 3.8) is 0 Å². The predicted molar refractivity (Wildman–Crippen MR) is 64.8 cm³/mol. The first-order valence-electron chi connectivity index (χ1n) is 4.96. The van der Waals surface area contributed by atoms with Crippen LogP contribution in [0.4, 0.5) is 0 Å². The largest absolute Gasteiger partial charge is 0.362 e. The summed E-state index contributed by atoms with van der Waals surface area (Å²) in [6.45, 7) is 9.86. The molecule has 0 amide bonds. The van der Waals surface area contributed by atoms with Crippen molar-refractivity contribution in [2.75, 3.05) is 0 Å². The molecule has 1 heteroatoms. The lowest BCUT2D eigenvalue weighted by atomic mass is 10.2. The highest BCUT2D eigenvalue weighted by Gasteiger charge is 1.92. The van der Waals surface area contributed by atoms with E-state index in [1.165, 1.54) is 0 Å². The summed E-state index contributed by atoms with van der Waals surface area (Å²) >= 11 is 0. The lowest BCUT2D eigenvalue weighted by molar-refractivity contribution is 1.21. The molecule has 1 N–H and O–H groups in total. The Morgan fingerprint density at radius 2 is 1.79 bits per heavy atom. The third-order valence-electron chi connectivity index (χ3n) is 1.55. The van der Waals surface area contributed by atoms with E-state index in [0.717, 1.165) is 11.3 Å². The van der Waals surface area contributed by atoms with Crippen molar-refractivity contribution < 1.29 is 0 Å². The van der Waals surface area contributed by atoms with Crippen LogP contribution in [0.2, 0.25) is 0 Å². The van der Waals surface area contributed by atoms with Crippen LogP contribution in [0.25, 0.3) is 5.70 Å². The monoisotopic (exact) mass is 189 g/mol. The van der Waals surface area contributed by atoms with E-state index < -0.39 is 0 Å². The van der Waals surface area contributed by atoms with Gasteiger partial charge in [0.15, 0.2) is 0 Å². The van der Waals surface area contributed by atoms with Crippen molar-refractivity contribution in [3.05, 3.63) is 54.8 Å².